The number of amides is 2. The molecule has 2 aromatic carbocycles. The van der Waals surface area contributed by atoms with E-state index in [1.54, 1.807) is 0 Å². The highest BCUT2D eigenvalue weighted by Crippen LogP contribution is 2.38. The van der Waals surface area contributed by atoms with Gasteiger partial charge in [0.1, 0.15) is 12.4 Å². The lowest BCUT2D eigenvalue weighted by atomic mass is 10.0. The number of nitrogens with zero attached hydrogens (tertiary/aromatic N) is 1. The van der Waals surface area contributed by atoms with Gasteiger partial charge in [0.2, 0.25) is 0 Å². The third-order valence-electron chi connectivity index (χ3n) is 4.81. The zero-order chi connectivity index (χ0) is 22.7. The van der Waals surface area contributed by atoms with Crippen molar-refractivity contribution in [2.75, 3.05) is 20.3 Å². The fourth-order valence-corrected chi connectivity index (χ4v) is 4.26. The molecule has 0 radical (unpaired) electrons. The van der Waals surface area contributed by atoms with E-state index in [1.165, 1.54) is 25.3 Å². The zero-order valence-corrected chi connectivity index (χ0v) is 19.3. The first kappa shape index (κ1) is 23.0. The Morgan fingerprint density at radius 1 is 1.19 bits per heavy atom. The number of ether oxygens (including phenoxy) is 2. The molecule has 0 unspecified atom stereocenters. The maximum atomic E-state index is 12.8. The molecule has 1 N–H and O–H groups in total. The maximum Gasteiger partial charge on any atom is 0.293 e. The van der Waals surface area contributed by atoms with Crippen molar-refractivity contribution < 1.29 is 24.2 Å². The first-order chi connectivity index (χ1) is 14.7. The van der Waals surface area contributed by atoms with E-state index in [9.17, 15) is 14.7 Å². The molecule has 164 valence electrons. The summed E-state index contributed by atoms with van der Waals surface area (Å²) in [6, 6.07) is 8.99. The van der Waals surface area contributed by atoms with Crippen molar-refractivity contribution in [2.45, 2.75) is 26.7 Å². The number of aryl methyl sites for hydroxylation is 1. The summed E-state index contributed by atoms with van der Waals surface area (Å²) in [4.78, 5) is 26.5. The van der Waals surface area contributed by atoms with E-state index in [0.717, 1.165) is 33.5 Å². The number of phenols is 1. The Morgan fingerprint density at radius 3 is 2.61 bits per heavy atom. The number of carbonyl (C=O) groups excluding carboxylic acids is 2. The highest BCUT2D eigenvalue weighted by atomic mass is 35.5. The molecule has 1 aliphatic heterocycles. The Morgan fingerprint density at radius 2 is 1.94 bits per heavy atom. The first-order valence-corrected chi connectivity index (χ1v) is 11.0. The molecule has 1 fully saturated rings. The lowest BCUT2D eigenvalue weighted by Crippen LogP contribution is -2.32. The van der Waals surface area contributed by atoms with Crippen LogP contribution >= 0.6 is 23.4 Å². The number of phenolic OH excluding ortho intramolecular Hbond substituents is 1. The van der Waals surface area contributed by atoms with Crippen molar-refractivity contribution in [3.63, 3.8) is 0 Å². The van der Waals surface area contributed by atoms with Crippen molar-refractivity contribution in [1.82, 2.24) is 4.90 Å². The van der Waals surface area contributed by atoms with Gasteiger partial charge in [-0.05, 0) is 53.9 Å². The van der Waals surface area contributed by atoms with Gasteiger partial charge in [-0.25, -0.2) is 0 Å². The number of halogens is 1. The van der Waals surface area contributed by atoms with E-state index >= 15 is 0 Å². The number of benzene rings is 2. The lowest BCUT2D eigenvalue weighted by molar-refractivity contribution is -0.123. The second-order valence-electron chi connectivity index (χ2n) is 7.42. The summed E-state index contributed by atoms with van der Waals surface area (Å²) in [6.07, 6.45) is 1.44. The highest BCUT2D eigenvalue weighted by molar-refractivity contribution is 8.18. The average Bonchev–Trinajstić information content (AvgIpc) is 2.97. The first-order valence-electron chi connectivity index (χ1n) is 9.76. The molecule has 0 aromatic heterocycles. The van der Waals surface area contributed by atoms with Crippen LogP contribution in [0.4, 0.5) is 4.79 Å². The number of hydrogen-bond donors (Lipinski definition) is 1. The Kier molecular flexibility index (Phi) is 7.18. The standard InChI is InChI=1S/C23H24ClNO5S/c1-13(2)17-6-5-14(3)9-18(17)30-8-7-25-22(27)20(31-23(25)28)11-15-10-16(24)12-19(29-4)21(15)26/h5-6,9-13,26H,7-8H2,1-4H3/b20-11-. The SMILES string of the molecule is COc1cc(Cl)cc(/C=C2\SC(=O)N(CCOc3cc(C)ccc3C(C)C)C2=O)c1O. The quantitative estimate of drug-likeness (QED) is 0.541. The molecule has 31 heavy (non-hydrogen) atoms. The molecular weight excluding hydrogens is 438 g/mol. The molecule has 0 aliphatic carbocycles. The van der Waals surface area contributed by atoms with Gasteiger partial charge in [0.25, 0.3) is 11.1 Å². The van der Waals surface area contributed by atoms with Gasteiger partial charge in [-0.15, -0.1) is 0 Å². The third-order valence-corrected chi connectivity index (χ3v) is 5.94. The van der Waals surface area contributed by atoms with Crippen LogP contribution in [0.3, 0.4) is 0 Å². The van der Waals surface area contributed by atoms with Crippen LogP contribution in [0.25, 0.3) is 6.08 Å². The molecule has 1 saturated heterocycles. The van der Waals surface area contributed by atoms with Crippen molar-refractivity contribution in [2.24, 2.45) is 0 Å². The van der Waals surface area contributed by atoms with E-state index in [-0.39, 0.29) is 40.7 Å². The van der Waals surface area contributed by atoms with Crippen LogP contribution in [0.5, 0.6) is 17.2 Å². The Bertz CT molecular complexity index is 1050. The topological polar surface area (TPSA) is 76.1 Å². The summed E-state index contributed by atoms with van der Waals surface area (Å²) in [6.45, 7) is 6.46. The van der Waals surface area contributed by atoms with Gasteiger partial charge in [0.15, 0.2) is 11.5 Å². The predicted molar refractivity (Wildman–Crippen MR) is 123 cm³/mol. The lowest BCUT2D eigenvalue weighted by Gasteiger charge is -2.17. The molecule has 0 spiro atoms. The molecule has 3 rings (SSSR count). The Hall–Kier alpha value is -2.64. The van der Waals surface area contributed by atoms with Crippen LogP contribution < -0.4 is 9.47 Å². The summed E-state index contributed by atoms with van der Waals surface area (Å²) in [5.74, 6) is 0.644. The summed E-state index contributed by atoms with van der Waals surface area (Å²) >= 11 is 6.86. The summed E-state index contributed by atoms with van der Waals surface area (Å²) in [5, 5.41) is 10.2. The molecule has 0 atom stereocenters. The van der Waals surface area contributed by atoms with Crippen LogP contribution in [0.1, 0.15) is 36.5 Å². The van der Waals surface area contributed by atoms with Gasteiger partial charge in [-0.2, -0.15) is 0 Å². The van der Waals surface area contributed by atoms with E-state index in [4.69, 9.17) is 21.1 Å². The normalized spacial score (nSPS) is 15.3. The summed E-state index contributed by atoms with van der Waals surface area (Å²) in [5.41, 5.74) is 2.45. The molecule has 1 heterocycles. The minimum Gasteiger partial charge on any atom is -0.504 e. The predicted octanol–water partition coefficient (Wildman–Crippen LogP) is 5.60. The number of methoxy groups -OCH3 is 1. The third kappa shape index (κ3) is 5.17. The van der Waals surface area contributed by atoms with Crippen molar-refractivity contribution in [3.8, 4) is 17.2 Å². The van der Waals surface area contributed by atoms with E-state index in [0.29, 0.717) is 10.6 Å². The van der Waals surface area contributed by atoms with Crippen LogP contribution in [0.2, 0.25) is 5.02 Å². The van der Waals surface area contributed by atoms with Gasteiger partial charge >= 0.3 is 0 Å². The summed E-state index contributed by atoms with van der Waals surface area (Å²) < 4.78 is 11.0. The second kappa shape index (κ2) is 9.66. The molecule has 2 amide bonds. The Balaban J connectivity index is 1.73. The molecule has 6 nitrogen and oxygen atoms in total. The van der Waals surface area contributed by atoms with E-state index < -0.39 is 5.91 Å². The van der Waals surface area contributed by atoms with Gasteiger partial charge in [0, 0.05) is 16.7 Å². The Labute approximate surface area is 190 Å². The fourth-order valence-electron chi connectivity index (χ4n) is 3.18. The molecular formula is C23H24ClNO5S. The monoisotopic (exact) mass is 461 g/mol. The number of carbonyl (C=O) groups is 2. The van der Waals surface area contributed by atoms with Crippen molar-refractivity contribution in [1.29, 1.82) is 0 Å². The van der Waals surface area contributed by atoms with Gasteiger partial charge in [-0.1, -0.05) is 37.6 Å². The van der Waals surface area contributed by atoms with Crippen molar-refractivity contribution in [3.05, 3.63) is 56.9 Å². The van der Waals surface area contributed by atoms with Gasteiger partial charge in [-0.3, -0.25) is 14.5 Å². The second-order valence-corrected chi connectivity index (χ2v) is 8.85. The van der Waals surface area contributed by atoms with E-state index in [1.807, 2.05) is 25.1 Å². The minimum atomic E-state index is -0.440. The minimum absolute atomic E-state index is 0.123. The van der Waals surface area contributed by atoms with Crippen LogP contribution in [-0.2, 0) is 4.79 Å². The molecule has 2 aromatic rings. The summed E-state index contributed by atoms with van der Waals surface area (Å²) in [7, 11) is 1.40. The van der Waals surface area contributed by atoms with Crippen molar-refractivity contribution >= 4 is 40.6 Å². The van der Waals surface area contributed by atoms with Crippen LogP contribution in [0, 0.1) is 6.92 Å². The zero-order valence-electron chi connectivity index (χ0n) is 17.8. The number of imide groups is 1. The number of hydrogen-bond acceptors (Lipinski definition) is 6. The molecule has 0 bridgehead atoms. The number of rotatable bonds is 7. The fraction of sp³-hybridized carbons (Fsp3) is 0.304. The van der Waals surface area contributed by atoms with Crippen LogP contribution in [0.15, 0.2) is 35.2 Å². The van der Waals surface area contributed by atoms with Gasteiger partial charge < -0.3 is 14.6 Å². The molecule has 8 heteroatoms. The smallest absolute Gasteiger partial charge is 0.293 e. The maximum absolute atomic E-state index is 12.8. The number of thioether (sulfide) groups is 1. The number of aromatic hydroxyl groups is 1. The highest BCUT2D eigenvalue weighted by Gasteiger charge is 2.35. The van der Waals surface area contributed by atoms with Gasteiger partial charge in [0.05, 0.1) is 18.6 Å². The van der Waals surface area contributed by atoms with E-state index in [2.05, 4.69) is 13.8 Å². The largest absolute Gasteiger partial charge is 0.504 e. The molecule has 1 aliphatic rings. The van der Waals surface area contributed by atoms with Crippen LogP contribution in [-0.4, -0.2) is 41.4 Å². The average molecular weight is 462 g/mol. The molecule has 0 saturated carbocycles.